The molecule has 7 heteroatoms. The number of ether oxygens (including phenoxy) is 1. The second kappa shape index (κ2) is 9.06. The molecular weight excluding hydrogens is 485 g/mol. The van der Waals surface area contributed by atoms with E-state index in [1.807, 2.05) is 50.2 Å². The minimum atomic E-state index is -0.632. The van der Waals surface area contributed by atoms with Crippen LogP contribution in [-0.2, 0) is 6.42 Å². The smallest absolute Gasteiger partial charge is 0.290 e. The van der Waals surface area contributed by atoms with Gasteiger partial charge in [-0.05, 0) is 72.9 Å². The van der Waals surface area contributed by atoms with Crippen LogP contribution in [0.1, 0.15) is 44.4 Å². The predicted molar refractivity (Wildman–Crippen MR) is 138 cm³/mol. The van der Waals surface area contributed by atoms with Gasteiger partial charge in [-0.25, -0.2) is 0 Å². The van der Waals surface area contributed by atoms with Crippen molar-refractivity contribution >= 4 is 40.1 Å². The summed E-state index contributed by atoms with van der Waals surface area (Å²) in [5.74, 6) is 0.531. The number of fused-ring (bicyclic) bond motifs is 2. The van der Waals surface area contributed by atoms with Crippen LogP contribution in [0.5, 0.6) is 5.75 Å². The van der Waals surface area contributed by atoms with Gasteiger partial charge in [0.2, 0.25) is 5.76 Å². The van der Waals surface area contributed by atoms with Gasteiger partial charge in [-0.3, -0.25) is 9.59 Å². The Hall–Kier alpha value is -3.28. The van der Waals surface area contributed by atoms with E-state index in [1.54, 1.807) is 30.2 Å². The van der Waals surface area contributed by atoms with E-state index in [-0.39, 0.29) is 17.1 Å². The summed E-state index contributed by atoms with van der Waals surface area (Å²) in [6.45, 7) is 4.19. The quantitative estimate of drug-likeness (QED) is 0.308. The van der Waals surface area contributed by atoms with Crippen LogP contribution in [-0.4, -0.2) is 24.5 Å². The van der Waals surface area contributed by atoms with Crippen molar-refractivity contribution in [2.24, 2.45) is 0 Å². The lowest BCUT2D eigenvalue weighted by molar-refractivity contribution is 0.0730. The molecule has 1 aliphatic heterocycles. The van der Waals surface area contributed by atoms with Crippen LogP contribution in [0, 0.1) is 13.8 Å². The summed E-state index contributed by atoms with van der Waals surface area (Å²) in [5.41, 5.74) is 4.09. The lowest BCUT2D eigenvalue weighted by Gasteiger charge is -2.25. The van der Waals surface area contributed by atoms with E-state index in [2.05, 4.69) is 0 Å². The third kappa shape index (κ3) is 4.09. The van der Waals surface area contributed by atoms with E-state index in [1.165, 1.54) is 0 Å². The van der Waals surface area contributed by atoms with Crippen molar-refractivity contribution < 1.29 is 13.9 Å². The summed E-state index contributed by atoms with van der Waals surface area (Å²) in [6, 6.07) is 16.0. The van der Waals surface area contributed by atoms with Gasteiger partial charge < -0.3 is 14.1 Å². The molecule has 0 N–H and O–H groups in total. The average Bonchev–Trinajstić information content (AvgIpc) is 3.12. The minimum absolute atomic E-state index is 0.0836. The number of aryl methyl sites for hydroxylation is 2. The molecule has 0 fully saturated rings. The molecule has 1 unspecified atom stereocenters. The summed E-state index contributed by atoms with van der Waals surface area (Å²) in [6.07, 6.45) is 0.591. The van der Waals surface area contributed by atoms with Gasteiger partial charge in [0.15, 0.2) is 5.43 Å². The van der Waals surface area contributed by atoms with E-state index < -0.39 is 6.04 Å². The van der Waals surface area contributed by atoms with Crippen molar-refractivity contribution in [3.8, 4) is 5.75 Å². The molecule has 3 aromatic carbocycles. The van der Waals surface area contributed by atoms with Crippen molar-refractivity contribution in [3.63, 3.8) is 0 Å². The number of halogens is 2. The molecule has 5 nitrogen and oxygen atoms in total. The van der Waals surface area contributed by atoms with Gasteiger partial charge >= 0.3 is 0 Å². The normalized spacial score (nSPS) is 15.1. The van der Waals surface area contributed by atoms with E-state index in [4.69, 9.17) is 32.4 Å². The topological polar surface area (TPSA) is 59.8 Å². The third-order valence-electron chi connectivity index (χ3n) is 6.46. The molecule has 1 aliphatic rings. The fourth-order valence-electron chi connectivity index (χ4n) is 4.78. The molecule has 178 valence electrons. The van der Waals surface area contributed by atoms with E-state index in [0.717, 1.165) is 22.4 Å². The number of benzene rings is 3. The number of amides is 1. The molecule has 1 amide bonds. The highest BCUT2D eigenvalue weighted by Crippen LogP contribution is 2.40. The Kier molecular flexibility index (Phi) is 6.07. The number of rotatable bonds is 5. The number of carbonyl (C=O) groups excluding carboxylic acids is 1. The van der Waals surface area contributed by atoms with Crippen LogP contribution in [0.15, 0.2) is 63.8 Å². The van der Waals surface area contributed by atoms with Crippen LogP contribution in [0.2, 0.25) is 10.0 Å². The maximum atomic E-state index is 13.8. The summed E-state index contributed by atoms with van der Waals surface area (Å²) in [7, 11) is 1.62. The van der Waals surface area contributed by atoms with Crippen LogP contribution in [0.4, 0.5) is 0 Å². The highest BCUT2D eigenvalue weighted by molar-refractivity contribution is 6.42. The van der Waals surface area contributed by atoms with Gasteiger partial charge in [0.25, 0.3) is 5.91 Å². The predicted octanol–water partition coefficient (Wildman–Crippen LogP) is 6.51. The fourth-order valence-corrected chi connectivity index (χ4v) is 5.08. The maximum absolute atomic E-state index is 13.8. The van der Waals surface area contributed by atoms with Crippen molar-refractivity contribution in [3.05, 3.63) is 108 Å². The molecule has 5 rings (SSSR count). The van der Waals surface area contributed by atoms with E-state index in [0.29, 0.717) is 45.1 Å². The molecular formula is C28H23Cl2NO4. The van der Waals surface area contributed by atoms with Gasteiger partial charge in [-0.1, -0.05) is 47.5 Å². The first kappa shape index (κ1) is 23.5. The van der Waals surface area contributed by atoms with Gasteiger partial charge in [-0.15, -0.1) is 0 Å². The summed E-state index contributed by atoms with van der Waals surface area (Å²) >= 11 is 12.5. The van der Waals surface area contributed by atoms with E-state index >= 15 is 0 Å². The van der Waals surface area contributed by atoms with Crippen molar-refractivity contribution in [2.75, 3.05) is 13.7 Å². The van der Waals surface area contributed by atoms with Crippen LogP contribution >= 0.6 is 23.2 Å². The summed E-state index contributed by atoms with van der Waals surface area (Å²) < 4.78 is 11.4. The summed E-state index contributed by atoms with van der Waals surface area (Å²) in [5, 5.41) is 1.23. The van der Waals surface area contributed by atoms with Gasteiger partial charge in [0.05, 0.1) is 34.1 Å². The van der Waals surface area contributed by atoms with Crippen molar-refractivity contribution in [1.82, 2.24) is 4.90 Å². The van der Waals surface area contributed by atoms with Crippen LogP contribution in [0.25, 0.3) is 11.0 Å². The molecule has 0 saturated heterocycles. The van der Waals surface area contributed by atoms with Crippen LogP contribution in [0.3, 0.4) is 0 Å². The van der Waals surface area contributed by atoms with Gasteiger partial charge in [-0.2, -0.15) is 0 Å². The Bertz CT molecular complexity index is 1530. The molecule has 0 aliphatic carbocycles. The number of hydrogen-bond donors (Lipinski definition) is 0. The Morgan fingerprint density at radius 1 is 0.971 bits per heavy atom. The van der Waals surface area contributed by atoms with Gasteiger partial charge in [0, 0.05) is 6.54 Å². The number of hydrogen-bond acceptors (Lipinski definition) is 4. The summed E-state index contributed by atoms with van der Waals surface area (Å²) in [4.78, 5) is 29.1. The minimum Gasteiger partial charge on any atom is -0.497 e. The monoisotopic (exact) mass is 507 g/mol. The number of methoxy groups -OCH3 is 1. The Morgan fingerprint density at radius 2 is 1.71 bits per heavy atom. The van der Waals surface area contributed by atoms with Crippen LogP contribution < -0.4 is 10.2 Å². The molecule has 0 saturated carbocycles. The van der Waals surface area contributed by atoms with Gasteiger partial charge in [0.1, 0.15) is 11.3 Å². The number of carbonyl (C=O) groups is 1. The lowest BCUT2D eigenvalue weighted by atomic mass is 9.97. The highest BCUT2D eigenvalue weighted by atomic mass is 35.5. The molecule has 4 aromatic rings. The number of nitrogens with zero attached hydrogens (tertiary/aromatic N) is 1. The highest BCUT2D eigenvalue weighted by Gasteiger charge is 2.42. The molecule has 1 atom stereocenters. The second-order valence-corrected chi connectivity index (χ2v) is 9.62. The zero-order chi connectivity index (χ0) is 24.9. The first-order chi connectivity index (χ1) is 16.8. The average molecular weight is 508 g/mol. The first-order valence-corrected chi connectivity index (χ1v) is 12.0. The molecule has 1 aromatic heterocycles. The molecule has 0 spiro atoms. The lowest BCUT2D eigenvalue weighted by Crippen LogP contribution is -2.31. The fraction of sp³-hybridized carbons (Fsp3) is 0.214. The SMILES string of the molecule is COc1ccc(CCN2C(=O)c3oc4c(C)cc(C)cc4c(=O)c3C2c2ccc(Cl)c(Cl)c2)cc1. The standard InChI is InChI=1S/C28H23Cl2NO4/c1-15-12-16(2)26-20(13-15)25(32)23-24(18-6-9-21(29)22(30)14-18)31(28(33)27(23)35-26)11-10-17-4-7-19(34-3)8-5-17/h4-9,12-14,24H,10-11H2,1-3H3. The Morgan fingerprint density at radius 3 is 2.40 bits per heavy atom. The zero-order valence-electron chi connectivity index (χ0n) is 19.5. The second-order valence-electron chi connectivity index (χ2n) is 8.81. The van der Waals surface area contributed by atoms with Crippen molar-refractivity contribution in [2.45, 2.75) is 26.3 Å². The first-order valence-electron chi connectivity index (χ1n) is 11.2. The Balaban J connectivity index is 1.64. The molecule has 0 bridgehead atoms. The Labute approximate surface area is 212 Å². The molecule has 2 heterocycles. The zero-order valence-corrected chi connectivity index (χ0v) is 21.0. The van der Waals surface area contributed by atoms with Crippen molar-refractivity contribution in [1.29, 1.82) is 0 Å². The van der Waals surface area contributed by atoms with E-state index in [9.17, 15) is 9.59 Å². The molecule has 0 radical (unpaired) electrons. The third-order valence-corrected chi connectivity index (χ3v) is 7.20. The maximum Gasteiger partial charge on any atom is 0.290 e. The molecule has 35 heavy (non-hydrogen) atoms. The largest absolute Gasteiger partial charge is 0.497 e.